The molecule has 4 aromatic rings. The Morgan fingerprint density at radius 3 is 2.89 bits per heavy atom. The summed E-state index contributed by atoms with van der Waals surface area (Å²) in [7, 11) is 1.76. The number of thiophene rings is 1. The molecule has 3 aromatic heterocycles. The predicted molar refractivity (Wildman–Crippen MR) is 114 cm³/mol. The molecule has 0 bridgehead atoms. The average Bonchev–Trinajstić information content (AvgIpc) is 3.26. The van der Waals surface area contributed by atoms with Crippen LogP contribution in [0.2, 0.25) is 0 Å². The van der Waals surface area contributed by atoms with Crippen LogP contribution in [0.5, 0.6) is 0 Å². The molecule has 142 valence electrons. The highest BCUT2D eigenvalue weighted by Gasteiger charge is 2.23. The molecule has 28 heavy (non-hydrogen) atoms. The van der Waals surface area contributed by atoms with Crippen LogP contribution in [-0.2, 0) is 19.9 Å². The third kappa shape index (κ3) is 2.70. The van der Waals surface area contributed by atoms with Gasteiger partial charge in [0, 0.05) is 11.9 Å². The maximum absolute atomic E-state index is 13.0. The lowest BCUT2D eigenvalue weighted by Gasteiger charge is -2.13. The van der Waals surface area contributed by atoms with Gasteiger partial charge in [-0.15, -0.1) is 11.3 Å². The van der Waals surface area contributed by atoms with E-state index in [1.54, 1.807) is 29.0 Å². The molecule has 0 saturated carbocycles. The number of fused-ring (bicyclic) bond motifs is 4. The second kappa shape index (κ2) is 6.56. The Morgan fingerprint density at radius 1 is 1.21 bits per heavy atom. The van der Waals surface area contributed by atoms with E-state index in [1.807, 2.05) is 25.1 Å². The van der Waals surface area contributed by atoms with Crippen LogP contribution >= 0.6 is 23.1 Å². The van der Waals surface area contributed by atoms with Crippen LogP contribution in [0.25, 0.3) is 21.1 Å². The number of para-hydroxylation sites is 1. The molecule has 1 N–H and O–H groups in total. The van der Waals surface area contributed by atoms with Crippen molar-refractivity contribution in [2.24, 2.45) is 7.05 Å². The summed E-state index contributed by atoms with van der Waals surface area (Å²) in [6.45, 7) is 1.96. The first-order chi connectivity index (χ1) is 13.5. The van der Waals surface area contributed by atoms with E-state index in [0.717, 1.165) is 29.5 Å². The fourth-order valence-corrected chi connectivity index (χ4v) is 5.96. The van der Waals surface area contributed by atoms with Crippen molar-refractivity contribution >= 4 is 44.2 Å². The van der Waals surface area contributed by atoms with Gasteiger partial charge in [0.25, 0.3) is 11.1 Å². The summed E-state index contributed by atoms with van der Waals surface area (Å²) in [5.74, 6) is 0.580. The molecule has 0 amide bonds. The Morgan fingerprint density at radius 2 is 2.04 bits per heavy atom. The van der Waals surface area contributed by atoms with Gasteiger partial charge in [0.05, 0.1) is 21.5 Å². The first-order valence-corrected chi connectivity index (χ1v) is 10.9. The minimum atomic E-state index is -0.153. The third-order valence-corrected chi connectivity index (χ3v) is 7.54. The van der Waals surface area contributed by atoms with Gasteiger partial charge >= 0.3 is 0 Å². The van der Waals surface area contributed by atoms with Crippen molar-refractivity contribution < 1.29 is 0 Å². The smallest absolute Gasteiger partial charge is 0.262 e. The highest BCUT2D eigenvalue weighted by atomic mass is 32.2. The number of benzene rings is 1. The third-order valence-electron chi connectivity index (χ3n) is 5.20. The number of rotatable bonds is 3. The minimum absolute atomic E-state index is 0.0130. The minimum Gasteiger partial charge on any atom is -0.309 e. The SMILES string of the molecule is C[C@@H](Sc1nc2sc3c(c2c(=O)n1C)CCC3)c1nc2ccccc2c(=O)[nH]1. The molecule has 1 aliphatic carbocycles. The topological polar surface area (TPSA) is 80.6 Å². The number of aromatic amines is 1. The van der Waals surface area contributed by atoms with E-state index in [0.29, 0.717) is 21.9 Å². The standard InChI is InChI=1S/C20H18N4O2S2/c1-10(16-21-13-8-4-3-6-11(13)17(25)22-16)27-20-23-18-15(19(26)24(20)2)12-7-5-9-14(12)28-18/h3-4,6,8,10H,5,7,9H2,1-2H3,(H,21,22,25)/t10-/m1/s1. The molecule has 0 fully saturated rings. The number of nitrogens with one attached hydrogen (secondary N) is 1. The summed E-state index contributed by atoms with van der Waals surface area (Å²) in [6.07, 6.45) is 3.13. The molecule has 0 unspecified atom stereocenters. The first kappa shape index (κ1) is 17.6. The van der Waals surface area contributed by atoms with Gasteiger partial charge < -0.3 is 4.98 Å². The maximum Gasteiger partial charge on any atom is 0.262 e. The van der Waals surface area contributed by atoms with Crippen molar-refractivity contribution in [1.29, 1.82) is 0 Å². The van der Waals surface area contributed by atoms with Gasteiger partial charge in [0.2, 0.25) is 0 Å². The van der Waals surface area contributed by atoms with Crippen LogP contribution in [0.1, 0.15) is 34.9 Å². The molecule has 5 rings (SSSR count). The predicted octanol–water partition coefficient (Wildman–Crippen LogP) is 3.57. The van der Waals surface area contributed by atoms with Gasteiger partial charge in [-0.2, -0.15) is 0 Å². The Bertz CT molecular complexity index is 1350. The Balaban J connectivity index is 1.56. The number of aromatic nitrogens is 4. The lowest BCUT2D eigenvalue weighted by molar-refractivity contribution is 0.723. The lowest BCUT2D eigenvalue weighted by Crippen LogP contribution is -2.20. The fraction of sp³-hybridized carbons (Fsp3) is 0.300. The lowest BCUT2D eigenvalue weighted by atomic mass is 10.2. The molecule has 0 saturated heterocycles. The fourth-order valence-electron chi connectivity index (χ4n) is 3.72. The summed E-state index contributed by atoms with van der Waals surface area (Å²) in [5.41, 5.74) is 1.72. The zero-order valence-corrected chi connectivity index (χ0v) is 17.1. The Kier molecular flexibility index (Phi) is 4.13. The number of thioether (sulfide) groups is 1. The number of hydrogen-bond donors (Lipinski definition) is 1. The first-order valence-electron chi connectivity index (χ1n) is 9.20. The van der Waals surface area contributed by atoms with Gasteiger partial charge in [-0.25, -0.2) is 9.97 Å². The van der Waals surface area contributed by atoms with E-state index < -0.39 is 0 Å². The van der Waals surface area contributed by atoms with Crippen LogP contribution in [0.3, 0.4) is 0 Å². The van der Waals surface area contributed by atoms with Gasteiger partial charge in [-0.05, 0) is 43.9 Å². The van der Waals surface area contributed by atoms with Gasteiger partial charge in [0.1, 0.15) is 10.7 Å². The monoisotopic (exact) mass is 410 g/mol. The van der Waals surface area contributed by atoms with Crippen molar-refractivity contribution in [2.45, 2.75) is 36.6 Å². The molecular weight excluding hydrogens is 392 g/mol. The van der Waals surface area contributed by atoms with Crippen molar-refractivity contribution in [3.8, 4) is 0 Å². The van der Waals surface area contributed by atoms with Crippen LogP contribution in [0.4, 0.5) is 0 Å². The summed E-state index contributed by atoms with van der Waals surface area (Å²) in [5, 5.41) is 1.85. The normalized spacial score (nSPS) is 14.6. The van der Waals surface area contributed by atoms with E-state index in [4.69, 9.17) is 4.98 Å². The summed E-state index contributed by atoms with van der Waals surface area (Å²) in [6, 6.07) is 7.28. The molecule has 1 aromatic carbocycles. The van der Waals surface area contributed by atoms with E-state index in [9.17, 15) is 9.59 Å². The van der Waals surface area contributed by atoms with Crippen molar-refractivity contribution in [1.82, 2.24) is 19.5 Å². The molecule has 0 spiro atoms. The van der Waals surface area contributed by atoms with Gasteiger partial charge in [-0.1, -0.05) is 23.9 Å². The molecule has 0 radical (unpaired) electrons. The highest BCUT2D eigenvalue weighted by molar-refractivity contribution is 7.99. The molecule has 3 heterocycles. The van der Waals surface area contributed by atoms with Crippen LogP contribution in [0, 0.1) is 0 Å². The second-order valence-corrected chi connectivity index (χ2v) is 9.42. The van der Waals surface area contributed by atoms with Crippen LogP contribution < -0.4 is 11.1 Å². The summed E-state index contributed by atoms with van der Waals surface area (Å²) in [4.78, 5) is 39.7. The van der Waals surface area contributed by atoms with E-state index in [2.05, 4.69) is 9.97 Å². The summed E-state index contributed by atoms with van der Waals surface area (Å²) >= 11 is 3.08. The Hall–Kier alpha value is -2.45. The maximum atomic E-state index is 13.0. The molecule has 0 aliphatic heterocycles. The number of hydrogen-bond acceptors (Lipinski definition) is 6. The van der Waals surface area contributed by atoms with Crippen LogP contribution in [-0.4, -0.2) is 19.5 Å². The zero-order chi connectivity index (χ0) is 19.4. The number of aryl methyl sites for hydroxylation is 2. The zero-order valence-electron chi connectivity index (χ0n) is 15.5. The average molecular weight is 411 g/mol. The van der Waals surface area contributed by atoms with E-state index in [1.165, 1.54) is 22.2 Å². The molecule has 1 aliphatic rings. The molecular formula is C20H18N4O2S2. The van der Waals surface area contributed by atoms with Crippen molar-refractivity contribution in [2.75, 3.05) is 0 Å². The van der Waals surface area contributed by atoms with Crippen LogP contribution in [0.15, 0.2) is 39.0 Å². The second-order valence-electron chi connectivity index (χ2n) is 7.02. The summed E-state index contributed by atoms with van der Waals surface area (Å²) < 4.78 is 1.62. The largest absolute Gasteiger partial charge is 0.309 e. The van der Waals surface area contributed by atoms with Crippen molar-refractivity contribution in [3.05, 3.63) is 61.2 Å². The number of H-pyrrole nitrogens is 1. The quantitative estimate of drug-likeness (QED) is 0.412. The highest BCUT2D eigenvalue weighted by Crippen LogP contribution is 2.37. The van der Waals surface area contributed by atoms with E-state index in [-0.39, 0.29) is 16.4 Å². The molecule has 8 heteroatoms. The Labute approximate surface area is 168 Å². The van der Waals surface area contributed by atoms with E-state index >= 15 is 0 Å². The number of nitrogens with zero attached hydrogens (tertiary/aromatic N) is 3. The molecule has 1 atom stereocenters. The molecule has 6 nitrogen and oxygen atoms in total. The van der Waals surface area contributed by atoms with Crippen molar-refractivity contribution in [3.63, 3.8) is 0 Å². The van der Waals surface area contributed by atoms with Gasteiger partial charge in [-0.3, -0.25) is 14.2 Å². The van der Waals surface area contributed by atoms with Gasteiger partial charge in [0.15, 0.2) is 5.16 Å².